The van der Waals surface area contributed by atoms with Gasteiger partial charge in [-0.3, -0.25) is 4.79 Å². The van der Waals surface area contributed by atoms with Crippen molar-refractivity contribution in [2.75, 3.05) is 12.0 Å². The first-order valence-corrected chi connectivity index (χ1v) is 8.22. The molecule has 0 radical (unpaired) electrons. The summed E-state index contributed by atoms with van der Waals surface area (Å²) in [6.07, 6.45) is 2.56. The minimum absolute atomic E-state index is 0. The fourth-order valence-electron chi connectivity index (χ4n) is 1.93. The number of aliphatic hydroxyl groups is 1. The van der Waals surface area contributed by atoms with Crippen molar-refractivity contribution in [3.63, 3.8) is 0 Å². The number of benzene rings is 1. The Kier molecular flexibility index (Phi) is 10.5. The first kappa shape index (κ1) is 20.2. The van der Waals surface area contributed by atoms with E-state index >= 15 is 0 Å². The number of thioether (sulfide) groups is 1. The van der Waals surface area contributed by atoms with Crippen LogP contribution in [0.3, 0.4) is 0 Å². The highest BCUT2D eigenvalue weighted by Gasteiger charge is 2.18. The number of carbonyl (C=O) groups is 1. The predicted molar refractivity (Wildman–Crippen MR) is 91.8 cm³/mol. The Bertz CT molecular complexity index is 406. The Labute approximate surface area is 137 Å². The average Bonchev–Trinajstić information content (AvgIpc) is 2.45. The average molecular weight is 333 g/mol. The number of nitrogens with one attached hydrogen (secondary N) is 1. The molecule has 0 saturated carbocycles. The van der Waals surface area contributed by atoms with E-state index in [0.29, 0.717) is 12.8 Å². The highest BCUT2D eigenvalue weighted by atomic mass is 35.5. The van der Waals surface area contributed by atoms with Crippen molar-refractivity contribution >= 4 is 30.1 Å². The highest BCUT2D eigenvalue weighted by Crippen LogP contribution is 2.17. The van der Waals surface area contributed by atoms with E-state index in [9.17, 15) is 9.90 Å². The number of rotatable bonds is 8. The fraction of sp³-hybridized carbons (Fsp3) is 0.533. The molecule has 0 fully saturated rings. The van der Waals surface area contributed by atoms with Gasteiger partial charge in [0, 0.05) is 6.04 Å². The number of amides is 1. The Morgan fingerprint density at radius 1 is 1.38 bits per heavy atom. The second kappa shape index (κ2) is 10.9. The molecule has 1 rings (SSSR count). The molecule has 0 aromatic heterocycles. The molecular weight excluding hydrogens is 308 g/mol. The van der Waals surface area contributed by atoms with Gasteiger partial charge >= 0.3 is 0 Å². The van der Waals surface area contributed by atoms with Crippen molar-refractivity contribution in [3.8, 4) is 0 Å². The first-order chi connectivity index (χ1) is 9.54. The third-order valence-electron chi connectivity index (χ3n) is 3.12. The van der Waals surface area contributed by atoms with Gasteiger partial charge < -0.3 is 16.2 Å². The van der Waals surface area contributed by atoms with Gasteiger partial charge in [-0.1, -0.05) is 30.3 Å². The SMILES string of the molecule is CSCC[C@H](N)C(=O)NC(C)CC(O)c1ccccc1.Cl. The maximum atomic E-state index is 11.9. The van der Waals surface area contributed by atoms with Gasteiger partial charge in [0.05, 0.1) is 12.1 Å². The Morgan fingerprint density at radius 3 is 2.57 bits per heavy atom. The van der Waals surface area contributed by atoms with Crippen molar-refractivity contribution < 1.29 is 9.90 Å². The summed E-state index contributed by atoms with van der Waals surface area (Å²) in [5.74, 6) is 0.724. The molecule has 1 aromatic carbocycles. The van der Waals surface area contributed by atoms with Gasteiger partial charge in [-0.05, 0) is 37.3 Å². The maximum Gasteiger partial charge on any atom is 0.237 e. The van der Waals surface area contributed by atoms with Crippen LogP contribution in [0.4, 0.5) is 0 Å². The van der Waals surface area contributed by atoms with E-state index in [4.69, 9.17) is 5.73 Å². The van der Waals surface area contributed by atoms with Crippen LogP contribution < -0.4 is 11.1 Å². The third kappa shape index (κ3) is 7.71. The molecule has 1 amide bonds. The summed E-state index contributed by atoms with van der Waals surface area (Å²) in [6.45, 7) is 1.88. The van der Waals surface area contributed by atoms with Crippen LogP contribution in [0.2, 0.25) is 0 Å². The second-order valence-electron chi connectivity index (χ2n) is 4.96. The van der Waals surface area contributed by atoms with E-state index in [0.717, 1.165) is 11.3 Å². The molecule has 0 spiro atoms. The largest absolute Gasteiger partial charge is 0.388 e. The monoisotopic (exact) mass is 332 g/mol. The van der Waals surface area contributed by atoms with Crippen molar-refractivity contribution in [2.24, 2.45) is 5.73 Å². The normalized spacial score (nSPS) is 14.7. The molecule has 4 nitrogen and oxygen atoms in total. The summed E-state index contributed by atoms with van der Waals surface area (Å²) in [6, 6.07) is 8.86. The summed E-state index contributed by atoms with van der Waals surface area (Å²) >= 11 is 1.67. The summed E-state index contributed by atoms with van der Waals surface area (Å²) < 4.78 is 0. The molecule has 0 saturated heterocycles. The Hall–Kier alpha value is -0.750. The van der Waals surface area contributed by atoms with Gasteiger partial charge in [-0.25, -0.2) is 0 Å². The van der Waals surface area contributed by atoms with Crippen LogP contribution in [0.25, 0.3) is 0 Å². The molecule has 0 heterocycles. The van der Waals surface area contributed by atoms with Crippen molar-refractivity contribution in [3.05, 3.63) is 35.9 Å². The van der Waals surface area contributed by atoms with E-state index in [-0.39, 0.29) is 24.4 Å². The van der Waals surface area contributed by atoms with Crippen LogP contribution in [-0.2, 0) is 4.79 Å². The van der Waals surface area contributed by atoms with E-state index in [1.54, 1.807) is 11.8 Å². The molecule has 0 aliphatic carbocycles. The number of hydrogen-bond donors (Lipinski definition) is 3. The summed E-state index contributed by atoms with van der Waals surface area (Å²) in [4.78, 5) is 11.9. The zero-order valence-electron chi connectivity index (χ0n) is 12.5. The molecule has 6 heteroatoms. The number of nitrogens with two attached hydrogens (primary N) is 1. The summed E-state index contributed by atoms with van der Waals surface area (Å²) in [5.41, 5.74) is 6.67. The topological polar surface area (TPSA) is 75.4 Å². The van der Waals surface area contributed by atoms with E-state index in [2.05, 4.69) is 5.32 Å². The van der Waals surface area contributed by atoms with E-state index in [1.807, 2.05) is 43.5 Å². The predicted octanol–water partition coefficient (Wildman–Crippen LogP) is 2.12. The first-order valence-electron chi connectivity index (χ1n) is 6.82. The summed E-state index contributed by atoms with van der Waals surface area (Å²) in [7, 11) is 0. The van der Waals surface area contributed by atoms with Gasteiger partial charge in [0.1, 0.15) is 0 Å². The maximum absolute atomic E-state index is 11.9. The smallest absolute Gasteiger partial charge is 0.237 e. The lowest BCUT2D eigenvalue weighted by Gasteiger charge is -2.20. The van der Waals surface area contributed by atoms with Crippen LogP contribution in [0.15, 0.2) is 30.3 Å². The zero-order chi connectivity index (χ0) is 15.0. The molecule has 1 aromatic rings. The van der Waals surface area contributed by atoms with Gasteiger partial charge in [0.25, 0.3) is 0 Å². The van der Waals surface area contributed by atoms with Crippen LogP contribution in [-0.4, -0.2) is 35.1 Å². The number of carbonyl (C=O) groups excluding carboxylic acids is 1. The van der Waals surface area contributed by atoms with Crippen LogP contribution >= 0.6 is 24.2 Å². The Balaban J connectivity index is 0.00000400. The molecule has 21 heavy (non-hydrogen) atoms. The molecule has 0 bridgehead atoms. The molecule has 120 valence electrons. The van der Waals surface area contributed by atoms with E-state index in [1.165, 1.54) is 0 Å². The standard InChI is InChI=1S/C15H24N2O2S.ClH/c1-11(17-15(19)13(16)8-9-20-2)10-14(18)12-6-4-3-5-7-12;/h3-7,11,13-14,18H,8-10,16H2,1-2H3,(H,17,19);1H/t11?,13-,14?;/m0./s1. The highest BCUT2D eigenvalue weighted by molar-refractivity contribution is 7.98. The molecule has 2 unspecified atom stereocenters. The van der Waals surface area contributed by atoms with Gasteiger partial charge in [0.2, 0.25) is 5.91 Å². The van der Waals surface area contributed by atoms with Crippen LogP contribution in [0.5, 0.6) is 0 Å². The number of aliphatic hydroxyl groups excluding tert-OH is 1. The number of hydrogen-bond acceptors (Lipinski definition) is 4. The van der Waals surface area contributed by atoms with Crippen LogP contribution in [0.1, 0.15) is 31.4 Å². The minimum Gasteiger partial charge on any atom is -0.388 e. The fourth-order valence-corrected chi connectivity index (χ4v) is 2.42. The van der Waals surface area contributed by atoms with E-state index < -0.39 is 12.1 Å². The lowest BCUT2D eigenvalue weighted by Crippen LogP contribution is -2.45. The summed E-state index contributed by atoms with van der Waals surface area (Å²) in [5, 5.41) is 13.0. The molecular formula is C15H25ClN2O2S. The lowest BCUT2D eigenvalue weighted by atomic mass is 10.0. The van der Waals surface area contributed by atoms with Crippen molar-refractivity contribution in [2.45, 2.75) is 38.0 Å². The third-order valence-corrected chi connectivity index (χ3v) is 3.76. The minimum atomic E-state index is -0.575. The van der Waals surface area contributed by atoms with Crippen molar-refractivity contribution in [1.82, 2.24) is 5.32 Å². The van der Waals surface area contributed by atoms with Crippen molar-refractivity contribution in [1.29, 1.82) is 0 Å². The zero-order valence-corrected chi connectivity index (χ0v) is 14.1. The lowest BCUT2D eigenvalue weighted by molar-refractivity contribution is -0.123. The van der Waals surface area contributed by atoms with Gasteiger partial charge in [0.15, 0.2) is 0 Å². The van der Waals surface area contributed by atoms with Gasteiger partial charge in [-0.2, -0.15) is 11.8 Å². The Morgan fingerprint density at radius 2 is 2.00 bits per heavy atom. The molecule has 4 N–H and O–H groups in total. The van der Waals surface area contributed by atoms with Crippen LogP contribution in [0, 0.1) is 0 Å². The second-order valence-corrected chi connectivity index (χ2v) is 5.95. The molecule has 3 atom stereocenters. The van der Waals surface area contributed by atoms with Gasteiger partial charge in [-0.15, -0.1) is 12.4 Å². The number of halogens is 1. The molecule has 0 aliphatic rings. The quantitative estimate of drug-likeness (QED) is 0.681. The molecule has 0 aliphatic heterocycles.